The van der Waals surface area contributed by atoms with Crippen molar-refractivity contribution in [2.45, 2.75) is 40.0 Å². The molecule has 1 aromatic carbocycles. The van der Waals surface area contributed by atoms with Gasteiger partial charge < -0.3 is 0 Å². The molecule has 0 aliphatic heterocycles. The van der Waals surface area contributed by atoms with Crippen molar-refractivity contribution in [3.8, 4) is 0 Å². The first-order chi connectivity index (χ1) is 8.55. The highest BCUT2D eigenvalue weighted by Gasteiger charge is 2.26. The Morgan fingerprint density at radius 2 is 1.26 bits per heavy atom. The Hall–Kier alpha value is -1.77. The van der Waals surface area contributed by atoms with Gasteiger partial charge in [0.25, 0.3) is 0 Å². The van der Waals surface area contributed by atoms with Crippen LogP contribution in [0, 0.1) is 6.92 Å². The number of benzene rings is 1. The van der Waals surface area contributed by atoms with Crippen molar-refractivity contribution in [2.75, 3.05) is 0 Å². The average molecular weight is 259 g/mol. The molecule has 0 spiro atoms. The lowest BCUT2D eigenvalue weighted by Gasteiger charge is -2.25. The quantitative estimate of drug-likeness (QED) is 0.779. The van der Waals surface area contributed by atoms with Crippen molar-refractivity contribution >= 4 is 17.3 Å². The summed E-state index contributed by atoms with van der Waals surface area (Å²) in [6, 6.07) is 3.11. The van der Waals surface area contributed by atoms with Crippen LogP contribution >= 0.6 is 0 Å². The van der Waals surface area contributed by atoms with Crippen LogP contribution in [0.3, 0.4) is 0 Å². The summed E-state index contributed by atoms with van der Waals surface area (Å²) in [7, 11) is 0. The molecule has 1 aromatic rings. The van der Waals surface area contributed by atoms with Crippen molar-refractivity contribution < 1.29 is 14.4 Å². The Bertz CT molecular complexity index is 525. The second-order valence-electron chi connectivity index (χ2n) is 5.50. The molecule has 0 aliphatic rings. The van der Waals surface area contributed by atoms with E-state index in [-0.39, 0.29) is 17.3 Å². The molecule has 0 atom stereocenters. The van der Waals surface area contributed by atoms with Crippen molar-refractivity contribution in [2.24, 2.45) is 0 Å². The van der Waals surface area contributed by atoms with Gasteiger partial charge in [0.05, 0.1) is 0 Å². The fraction of sp³-hybridized carbons (Fsp3) is 0.375. The smallest absolute Gasteiger partial charge is 0.160 e. The zero-order chi connectivity index (χ0) is 15.0. The van der Waals surface area contributed by atoms with Crippen LogP contribution in [-0.4, -0.2) is 17.3 Å². The van der Waals surface area contributed by atoms with Gasteiger partial charge in [-0.2, -0.15) is 0 Å². The average Bonchev–Trinajstić information content (AvgIpc) is 2.25. The highest BCUT2D eigenvalue weighted by molar-refractivity contribution is 6.06. The molecule has 3 heteroatoms. The van der Waals surface area contributed by atoms with E-state index in [1.165, 1.54) is 20.8 Å². The van der Waals surface area contributed by atoms with Crippen LogP contribution in [0.25, 0.3) is 0 Å². The minimum Gasteiger partial charge on any atom is -0.295 e. The largest absolute Gasteiger partial charge is 0.295 e. The molecular formula is C16H19O3. The zero-order valence-corrected chi connectivity index (χ0v) is 12.1. The van der Waals surface area contributed by atoms with Crippen LogP contribution in [-0.2, 0) is 5.41 Å². The molecular weight excluding hydrogens is 240 g/mol. The maximum Gasteiger partial charge on any atom is 0.160 e. The van der Waals surface area contributed by atoms with Crippen LogP contribution in [0.4, 0.5) is 0 Å². The van der Waals surface area contributed by atoms with Gasteiger partial charge in [0.15, 0.2) is 17.3 Å². The molecule has 0 aromatic heterocycles. The van der Waals surface area contributed by atoms with Crippen molar-refractivity contribution in [1.82, 2.24) is 0 Å². The molecule has 1 rings (SSSR count). The van der Waals surface area contributed by atoms with E-state index in [0.29, 0.717) is 22.3 Å². The van der Waals surface area contributed by atoms with Crippen LogP contribution in [0.2, 0.25) is 0 Å². The Morgan fingerprint density at radius 1 is 0.895 bits per heavy atom. The number of carbonyl (C=O) groups is 3. The first kappa shape index (κ1) is 15.3. The molecule has 0 aliphatic carbocycles. The van der Waals surface area contributed by atoms with E-state index in [9.17, 15) is 14.4 Å². The third kappa shape index (κ3) is 3.16. The predicted molar refractivity (Wildman–Crippen MR) is 74.8 cm³/mol. The fourth-order valence-corrected chi connectivity index (χ4v) is 2.13. The Morgan fingerprint density at radius 3 is 1.47 bits per heavy atom. The number of hydrogen-bond acceptors (Lipinski definition) is 3. The van der Waals surface area contributed by atoms with Gasteiger partial charge >= 0.3 is 0 Å². The Labute approximate surface area is 114 Å². The van der Waals surface area contributed by atoms with Gasteiger partial charge in [0.1, 0.15) is 0 Å². The van der Waals surface area contributed by atoms with E-state index >= 15 is 0 Å². The molecule has 0 fully saturated rings. The third-order valence-electron chi connectivity index (χ3n) is 2.98. The summed E-state index contributed by atoms with van der Waals surface area (Å²) >= 11 is 0. The maximum atomic E-state index is 11.8. The van der Waals surface area contributed by atoms with Crippen LogP contribution in [0.15, 0.2) is 12.1 Å². The summed E-state index contributed by atoms with van der Waals surface area (Å²) < 4.78 is 0. The molecule has 1 radical (unpaired) electrons. The Balaban J connectivity index is 3.81. The number of Topliss-reactive ketones (excluding diaryl/α,β-unsaturated/α-hetero) is 3. The van der Waals surface area contributed by atoms with Crippen molar-refractivity contribution in [3.05, 3.63) is 41.3 Å². The fourth-order valence-electron chi connectivity index (χ4n) is 2.13. The summed E-state index contributed by atoms with van der Waals surface area (Å²) in [6.45, 7) is 12.0. The first-order valence-corrected chi connectivity index (χ1v) is 6.12. The molecule has 0 saturated heterocycles. The van der Waals surface area contributed by atoms with Crippen LogP contribution in [0.1, 0.15) is 71.3 Å². The number of ketones is 3. The van der Waals surface area contributed by atoms with Gasteiger partial charge in [-0.15, -0.1) is 0 Å². The highest BCUT2D eigenvalue weighted by Crippen LogP contribution is 2.31. The molecule has 19 heavy (non-hydrogen) atoms. The molecule has 0 N–H and O–H groups in total. The van der Waals surface area contributed by atoms with E-state index in [2.05, 4.69) is 6.92 Å². The summed E-state index contributed by atoms with van der Waals surface area (Å²) in [6.07, 6.45) is 0. The van der Waals surface area contributed by atoms with Gasteiger partial charge in [0, 0.05) is 16.7 Å². The molecule has 0 bridgehead atoms. The van der Waals surface area contributed by atoms with Gasteiger partial charge in [-0.05, 0) is 50.8 Å². The normalized spacial score (nSPS) is 11.3. The summed E-state index contributed by atoms with van der Waals surface area (Å²) in [5.74, 6) is -0.506. The molecule has 101 valence electrons. The van der Waals surface area contributed by atoms with E-state index in [4.69, 9.17) is 0 Å². The lowest BCUT2D eigenvalue weighted by Crippen LogP contribution is -2.22. The van der Waals surface area contributed by atoms with E-state index in [0.717, 1.165) is 0 Å². The second kappa shape index (κ2) is 5.08. The molecule has 3 nitrogen and oxygen atoms in total. The van der Waals surface area contributed by atoms with E-state index in [1.807, 2.05) is 13.8 Å². The topological polar surface area (TPSA) is 51.2 Å². The molecule has 0 heterocycles. The number of rotatable bonds is 4. The maximum absolute atomic E-state index is 11.8. The standard InChI is InChI=1S/C16H19O3/c1-9(17)12-7-13(10(2)18)15(16(4,5)6)14(8-12)11(3)19/h7-8H,4H2,1-3,5-6H3. The molecule has 0 unspecified atom stereocenters. The van der Waals surface area contributed by atoms with Crippen molar-refractivity contribution in [3.63, 3.8) is 0 Å². The minimum absolute atomic E-state index is 0.168. The van der Waals surface area contributed by atoms with E-state index in [1.54, 1.807) is 12.1 Å². The molecule has 0 amide bonds. The predicted octanol–water partition coefficient (Wildman–Crippen LogP) is 3.41. The van der Waals surface area contributed by atoms with Crippen molar-refractivity contribution in [1.29, 1.82) is 0 Å². The summed E-state index contributed by atoms with van der Waals surface area (Å²) in [5, 5.41) is 0. The van der Waals surface area contributed by atoms with Gasteiger partial charge in [0.2, 0.25) is 0 Å². The lowest BCUT2D eigenvalue weighted by molar-refractivity contribution is 0.101. The third-order valence-corrected chi connectivity index (χ3v) is 2.98. The first-order valence-electron chi connectivity index (χ1n) is 6.12. The molecule has 0 saturated carbocycles. The van der Waals surface area contributed by atoms with Gasteiger partial charge in [-0.1, -0.05) is 13.8 Å². The van der Waals surface area contributed by atoms with Crippen LogP contribution in [0.5, 0.6) is 0 Å². The highest BCUT2D eigenvalue weighted by atomic mass is 16.1. The van der Waals surface area contributed by atoms with Gasteiger partial charge in [-0.25, -0.2) is 0 Å². The minimum atomic E-state index is -0.586. The number of hydrogen-bond donors (Lipinski definition) is 0. The SMILES string of the molecule is [CH2]C(C)(C)c1c(C(C)=O)cc(C(C)=O)cc1C(C)=O. The number of carbonyl (C=O) groups excluding carboxylic acids is 3. The monoisotopic (exact) mass is 259 g/mol. The Kier molecular flexibility index (Phi) is 4.09. The lowest BCUT2D eigenvalue weighted by atomic mass is 9.77. The zero-order valence-electron chi connectivity index (χ0n) is 12.1. The van der Waals surface area contributed by atoms with Gasteiger partial charge in [-0.3, -0.25) is 14.4 Å². The van der Waals surface area contributed by atoms with E-state index < -0.39 is 5.41 Å². The second-order valence-corrected chi connectivity index (χ2v) is 5.50. The summed E-state index contributed by atoms with van der Waals surface area (Å²) in [4.78, 5) is 35.1. The van der Waals surface area contributed by atoms with Crippen LogP contribution < -0.4 is 0 Å². The summed E-state index contributed by atoms with van der Waals surface area (Å²) in [5.41, 5.74) is 1.20.